The topological polar surface area (TPSA) is 101 Å². The van der Waals surface area contributed by atoms with Gasteiger partial charge in [0.25, 0.3) is 5.91 Å². The Hall–Kier alpha value is -2.37. The smallest absolute Gasteiger partial charge is 0.254 e. The Labute approximate surface area is 124 Å². The Morgan fingerprint density at radius 2 is 1.90 bits per heavy atom. The summed E-state index contributed by atoms with van der Waals surface area (Å²) in [4.78, 5) is 34.8. The third-order valence-corrected chi connectivity index (χ3v) is 2.98. The molecule has 0 aliphatic heterocycles. The van der Waals surface area contributed by atoms with Crippen LogP contribution in [0.3, 0.4) is 0 Å². The van der Waals surface area contributed by atoms with Crippen LogP contribution < -0.4 is 16.4 Å². The number of hydrogen-bond acceptors (Lipinski definition) is 3. The van der Waals surface area contributed by atoms with Crippen molar-refractivity contribution >= 4 is 23.4 Å². The van der Waals surface area contributed by atoms with Crippen LogP contribution in [0.4, 0.5) is 5.69 Å². The molecule has 0 aliphatic carbocycles. The van der Waals surface area contributed by atoms with Gasteiger partial charge in [-0.15, -0.1) is 0 Å². The second-order valence-electron chi connectivity index (χ2n) is 4.80. The predicted octanol–water partition coefficient (Wildman–Crippen LogP) is 1.42. The van der Waals surface area contributed by atoms with Crippen LogP contribution in [0, 0.1) is 0 Å². The second kappa shape index (κ2) is 8.04. The van der Waals surface area contributed by atoms with E-state index in [1.54, 1.807) is 24.3 Å². The van der Waals surface area contributed by atoms with Crippen LogP contribution in [0.15, 0.2) is 24.3 Å². The second-order valence-corrected chi connectivity index (χ2v) is 4.80. The highest BCUT2D eigenvalue weighted by molar-refractivity contribution is 6.04. The van der Waals surface area contributed by atoms with Gasteiger partial charge in [0.2, 0.25) is 11.8 Å². The van der Waals surface area contributed by atoms with Gasteiger partial charge < -0.3 is 16.4 Å². The molecule has 1 rings (SSSR count). The molecule has 0 saturated heterocycles. The Bertz CT molecular complexity index is 529. The molecule has 3 amide bonds. The molecule has 114 valence electrons. The molecule has 0 unspecified atom stereocenters. The van der Waals surface area contributed by atoms with E-state index in [2.05, 4.69) is 10.6 Å². The molecule has 0 radical (unpaired) electrons. The molecule has 0 saturated carbocycles. The van der Waals surface area contributed by atoms with E-state index in [0.717, 1.165) is 12.8 Å². The van der Waals surface area contributed by atoms with E-state index >= 15 is 0 Å². The number of benzene rings is 1. The number of hydrogen-bond donors (Lipinski definition) is 3. The molecule has 6 nitrogen and oxygen atoms in total. The fourth-order valence-corrected chi connectivity index (χ4v) is 1.91. The summed E-state index contributed by atoms with van der Waals surface area (Å²) in [6.45, 7) is 3.36. The SMILES string of the molecule is CCCC[C@@H](NC(=O)c1ccccc1NC(C)=O)C(N)=O. The van der Waals surface area contributed by atoms with Gasteiger partial charge in [-0.05, 0) is 18.6 Å². The predicted molar refractivity (Wildman–Crippen MR) is 80.7 cm³/mol. The van der Waals surface area contributed by atoms with E-state index in [4.69, 9.17) is 5.73 Å². The van der Waals surface area contributed by atoms with Gasteiger partial charge in [0.05, 0.1) is 11.3 Å². The van der Waals surface area contributed by atoms with Crippen molar-refractivity contribution in [1.82, 2.24) is 5.32 Å². The standard InChI is InChI=1S/C15H21N3O3/c1-3-4-8-13(14(16)20)18-15(21)11-7-5-6-9-12(11)17-10(2)19/h5-7,9,13H,3-4,8H2,1-2H3,(H2,16,20)(H,17,19)(H,18,21)/t13-/m1/s1. The molecule has 1 aromatic carbocycles. The van der Waals surface area contributed by atoms with E-state index < -0.39 is 17.9 Å². The summed E-state index contributed by atoms with van der Waals surface area (Å²) in [5.41, 5.74) is 6.00. The lowest BCUT2D eigenvalue weighted by molar-refractivity contribution is -0.120. The minimum atomic E-state index is -0.706. The minimum Gasteiger partial charge on any atom is -0.368 e. The average molecular weight is 291 g/mol. The Kier molecular flexibility index (Phi) is 6.39. The first-order chi connectivity index (χ1) is 9.95. The summed E-state index contributed by atoms with van der Waals surface area (Å²) in [5.74, 6) is -1.26. The zero-order chi connectivity index (χ0) is 15.8. The van der Waals surface area contributed by atoms with E-state index in [1.807, 2.05) is 6.92 Å². The maximum absolute atomic E-state index is 12.3. The summed E-state index contributed by atoms with van der Waals surface area (Å²) in [6, 6.07) is 5.90. The molecule has 4 N–H and O–H groups in total. The lowest BCUT2D eigenvalue weighted by Crippen LogP contribution is -2.44. The van der Waals surface area contributed by atoms with Crippen LogP contribution in [-0.4, -0.2) is 23.8 Å². The molecule has 0 spiro atoms. The summed E-state index contributed by atoms with van der Waals surface area (Å²) < 4.78 is 0. The highest BCUT2D eigenvalue weighted by Gasteiger charge is 2.20. The normalized spacial score (nSPS) is 11.5. The van der Waals surface area contributed by atoms with Crippen molar-refractivity contribution in [2.75, 3.05) is 5.32 Å². The van der Waals surface area contributed by atoms with Gasteiger partial charge in [-0.2, -0.15) is 0 Å². The summed E-state index contributed by atoms with van der Waals surface area (Å²) in [7, 11) is 0. The number of para-hydroxylation sites is 1. The summed E-state index contributed by atoms with van der Waals surface area (Å²) in [6.07, 6.45) is 2.20. The Morgan fingerprint density at radius 3 is 2.48 bits per heavy atom. The quantitative estimate of drug-likeness (QED) is 0.708. The van der Waals surface area contributed by atoms with Crippen LogP contribution in [0.1, 0.15) is 43.5 Å². The summed E-state index contributed by atoms with van der Waals surface area (Å²) >= 11 is 0. The lowest BCUT2D eigenvalue weighted by Gasteiger charge is -2.16. The van der Waals surface area contributed by atoms with E-state index in [1.165, 1.54) is 6.92 Å². The van der Waals surface area contributed by atoms with Crippen molar-refractivity contribution in [2.24, 2.45) is 5.73 Å². The molecule has 0 bridgehead atoms. The lowest BCUT2D eigenvalue weighted by atomic mass is 10.1. The number of rotatable bonds is 7. The maximum atomic E-state index is 12.3. The number of unbranched alkanes of at least 4 members (excludes halogenated alkanes) is 1. The van der Waals surface area contributed by atoms with E-state index in [-0.39, 0.29) is 5.91 Å². The Morgan fingerprint density at radius 1 is 1.24 bits per heavy atom. The van der Waals surface area contributed by atoms with Crippen molar-refractivity contribution in [3.63, 3.8) is 0 Å². The van der Waals surface area contributed by atoms with Crippen molar-refractivity contribution < 1.29 is 14.4 Å². The highest BCUT2D eigenvalue weighted by Crippen LogP contribution is 2.15. The molecule has 0 aliphatic rings. The van der Waals surface area contributed by atoms with Gasteiger partial charge >= 0.3 is 0 Å². The van der Waals surface area contributed by atoms with Gasteiger partial charge in [-0.25, -0.2) is 0 Å². The monoisotopic (exact) mass is 291 g/mol. The number of nitrogens with two attached hydrogens (primary N) is 1. The van der Waals surface area contributed by atoms with Crippen LogP contribution >= 0.6 is 0 Å². The summed E-state index contributed by atoms with van der Waals surface area (Å²) in [5, 5.41) is 5.20. The number of amides is 3. The molecule has 0 aromatic heterocycles. The molecule has 0 fully saturated rings. The average Bonchev–Trinajstić information content (AvgIpc) is 2.42. The van der Waals surface area contributed by atoms with E-state index in [9.17, 15) is 14.4 Å². The van der Waals surface area contributed by atoms with E-state index in [0.29, 0.717) is 17.7 Å². The van der Waals surface area contributed by atoms with Crippen molar-refractivity contribution in [2.45, 2.75) is 39.2 Å². The number of anilines is 1. The zero-order valence-electron chi connectivity index (χ0n) is 12.3. The fourth-order valence-electron chi connectivity index (χ4n) is 1.91. The number of carbonyl (C=O) groups excluding carboxylic acids is 3. The highest BCUT2D eigenvalue weighted by atomic mass is 16.2. The molecule has 1 atom stereocenters. The zero-order valence-corrected chi connectivity index (χ0v) is 12.3. The van der Waals surface area contributed by atoms with Crippen LogP contribution in [0.25, 0.3) is 0 Å². The first-order valence-corrected chi connectivity index (χ1v) is 6.92. The van der Waals surface area contributed by atoms with Crippen molar-refractivity contribution in [3.05, 3.63) is 29.8 Å². The molecular formula is C15H21N3O3. The third kappa shape index (κ3) is 5.25. The molecule has 21 heavy (non-hydrogen) atoms. The molecule has 1 aromatic rings. The largest absolute Gasteiger partial charge is 0.368 e. The fraction of sp³-hybridized carbons (Fsp3) is 0.400. The van der Waals surface area contributed by atoms with Crippen LogP contribution in [0.2, 0.25) is 0 Å². The number of primary amides is 1. The van der Waals surface area contributed by atoms with Gasteiger partial charge in [0, 0.05) is 6.92 Å². The van der Waals surface area contributed by atoms with Crippen molar-refractivity contribution in [3.8, 4) is 0 Å². The minimum absolute atomic E-state index is 0.271. The molecule has 0 heterocycles. The van der Waals surface area contributed by atoms with Gasteiger partial charge in [-0.1, -0.05) is 31.9 Å². The van der Waals surface area contributed by atoms with Crippen LogP contribution in [0.5, 0.6) is 0 Å². The third-order valence-electron chi connectivity index (χ3n) is 2.98. The van der Waals surface area contributed by atoms with Gasteiger partial charge in [0.15, 0.2) is 0 Å². The maximum Gasteiger partial charge on any atom is 0.254 e. The van der Waals surface area contributed by atoms with Gasteiger partial charge in [0.1, 0.15) is 6.04 Å². The molecule has 6 heteroatoms. The van der Waals surface area contributed by atoms with Crippen LogP contribution in [-0.2, 0) is 9.59 Å². The van der Waals surface area contributed by atoms with Gasteiger partial charge in [-0.3, -0.25) is 14.4 Å². The first kappa shape index (κ1) is 16.7. The number of carbonyl (C=O) groups is 3. The molecular weight excluding hydrogens is 270 g/mol. The number of nitrogens with one attached hydrogen (secondary N) is 2. The Balaban J connectivity index is 2.87. The first-order valence-electron chi connectivity index (χ1n) is 6.92. The van der Waals surface area contributed by atoms with Crippen molar-refractivity contribution in [1.29, 1.82) is 0 Å².